The molecule has 0 aromatic heterocycles. The van der Waals surface area contributed by atoms with Crippen molar-refractivity contribution in [2.45, 2.75) is 50.7 Å². The second-order valence-electron chi connectivity index (χ2n) is 9.45. The highest BCUT2D eigenvalue weighted by atomic mass is 32.2. The number of nitrogens with zero attached hydrogens (tertiary/aromatic N) is 2. The summed E-state index contributed by atoms with van der Waals surface area (Å²) < 4.78 is 39.1. The molecule has 0 aliphatic carbocycles. The molecule has 2 heterocycles. The van der Waals surface area contributed by atoms with Crippen molar-refractivity contribution in [3.63, 3.8) is 0 Å². The van der Waals surface area contributed by atoms with Gasteiger partial charge in [0.25, 0.3) is 5.91 Å². The molecule has 2 fully saturated rings. The van der Waals surface area contributed by atoms with Gasteiger partial charge in [0.05, 0.1) is 25.4 Å². The number of hydrogen-bond donors (Lipinski definition) is 1. The van der Waals surface area contributed by atoms with Gasteiger partial charge in [0.2, 0.25) is 10.0 Å². The van der Waals surface area contributed by atoms with Crippen LogP contribution in [0.15, 0.2) is 42.5 Å². The van der Waals surface area contributed by atoms with E-state index in [-0.39, 0.29) is 36.5 Å². The first-order valence-corrected chi connectivity index (χ1v) is 13.6. The van der Waals surface area contributed by atoms with Crippen molar-refractivity contribution in [3.8, 4) is 5.75 Å². The summed E-state index contributed by atoms with van der Waals surface area (Å²) in [5.74, 6) is 0.324. The smallest absolute Gasteiger partial charge is 0.254 e. The summed E-state index contributed by atoms with van der Waals surface area (Å²) in [5, 5.41) is 9.51. The van der Waals surface area contributed by atoms with Gasteiger partial charge in [-0.1, -0.05) is 29.8 Å². The van der Waals surface area contributed by atoms with E-state index in [4.69, 9.17) is 9.47 Å². The zero-order valence-electron chi connectivity index (χ0n) is 20.5. The molecule has 2 aromatic carbocycles. The van der Waals surface area contributed by atoms with Crippen LogP contribution in [0.2, 0.25) is 0 Å². The van der Waals surface area contributed by atoms with Crippen LogP contribution in [0.3, 0.4) is 0 Å². The lowest BCUT2D eigenvalue weighted by molar-refractivity contribution is 0.0339. The Morgan fingerprint density at radius 1 is 1.11 bits per heavy atom. The number of methoxy groups -OCH3 is 1. The van der Waals surface area contributed by atoms with Crippen LogP contribution in [0.5, 0.6) is 5.75 Å². The van der Waals surface area contributed by atoms with Crippen LogP contribution in [0.1, 0.15) is 39.9 Å². The van der Waals surface area contributed by atoms with Crippen molar-refractivity contribution in [1.82, 2.24) is 9.21 Å². The molecule has 0 spiro atoms. The van der Waals surface area contributed by atoms with Crippen molar-refractivity contribution in [3.05, 3.63) is 64.7 Å². The lowest BCUT2D eigenvalue weighted by atomic mass is 10.0. The Balaban J connectivity index is 1.45. The van der Waals surface area contributed by atoms with Gasteiger partial charge in [0.1, 0.15) is 18.0 Å². The number of amides is 1. The van der Waals surface area contributed by atoms with E-state index in [0.717, 1.165) is 17.5 Å². The maximum Gasteiger partial charge on any atom is 0.254 e. The Morgan fingerprint density at radius 2 is 1.89 bits per heavy atom. The molecule has 0 radical (unpaired) electrons. The first-order valence-electron chi connectivity index (χ1n) is 12.0. The van der Waals surface area contributed by atoms with E-state index in [9.17, 15) is 18.3 Å². The summed E-state index contributed by atoms with van der Waals surface area (Å²) in [5.41, 5.74) is 3.24. The average Bonchev–Trinajstić information content (AvgIpc) is 3.47. The van der Waals surface area contributed by atoms with Crippen molar-refractivity contribution in [2.75, 3.05) is 33.4 Å². The van der Waals surface area contributed by atoms with Crippen molar-refractivity contribution >= 4 is 15.9 Å². The van der Waals surface area contributed by atoms with Crippen molar-refractivity contribution in [1.29, 1.82) is 0 Å². The number of carbonyl (C=O) groups is 1. The number of hydrogen-bond acceptors (Lipinski definition) is 6. The highest BCUT2D eigenvalue weighted by Crippen LogP contribution is 2.27. The third kappa shape index (κ3) is 5.69. The first-order chi connectivity index (χ1) is 16.7. The SMILES string of the molecule is CO[C@@H]1CN(C(=O)c2cc(C)ccc2C)C[C@H]1Oc1cccc(CS(=O)(=O)N2CCC[C@@H]2CO)c1. The minimum Gasteiger partial charge on any atom is -0.486 e. The van der Waals surface area contributed by atoms with Gasteiger partial charge >= 0.3 is 0 Å². The van der Waals surface area contributed by atoms with Gasteiger partial charge in [-0.05, 0) is 56.0 Å². The van der Waals surface area contributed by atoms with E-state index in [1.807, 2.05) is 32.0 Å². The summed E-state index contributed by atoms with van der Waals surface area (Å²) in [6.45, 7) is 4.95. The molecule has 2 aliphatic heterocycles. The molecule has 35 heavy (non-hydrogen) atoms. The van der Waals surface area contributed by atoms with E-state index in [2.05, 4.69) is 0 Å². The molecule has 0 unspecified atom stereocenters. The van der Waals surface area contributed by atoms with Gasteiger partial charge < -0.3 is 19.5 Å². The third-order valence-corrected chi connectivity index (χ3v) is 8.75. The average molecular weight is 503 g/mol. The molecule has 4 rings (SSSR count). The first kappa shape index (κ1) is 25.6. The maximum atomic E-state index is 13.2. The predicted molar refractivity (Wildman–Crippen MR) is 133 cm³/mol. The molecular formula is C26H34N2O6S. The number of aryl methyl sites for hydroxylation is 2. The molecule has 1 amide bonds. The molecule has 2 saturated heterocycles. The number of ether oxygens (including phenoxy) is 2. The lowest BCUT2D eigenvalue weighted by Crippen LogP contribution is -2.38. The van der Waals surface area contributed by atoms with E-state index in [1.165, 1.54) is 4.31 Å². The molecule has 1 N–H and O–H groups in total. The summed E-state index contributed by atoms with van der Waals surface area (Å²) >= 11 is 0. The van der Waals surface area contributed by atoms with Gasteiger partial charge in [-0.15, -0.1) is 0 Å². The topological polar surface area (TPSA) is 96.4 Å². The van der Waals surface area contributed by atoms with Gasteiger partial charge in [-0.25, -0.2) is 8.42 Å². The third-order valence-electron chi connectivity index (χ3n) is 6.85. The molecule has 3 atom stereocenters. The lowest BCUT2D eigenvalue weighted by Gasteiger charge is -2.23. The van der Waals surface area contributed by atoms with Crippen LogP contribution in [0.4, 0.5) is 0 Å². The monoisotopic (exact) mass is 502 g/mol. The zero-order chi connectivity index (χ0) is 25.2. The standard InChI is InChI=1S/C26H34N2O6S/c1-18-9-10-19(2)23(12-18)26(30)27-14-24(33-3)25(15-27)34-22-8-4-6-20(13-22)17-35(31,32)28-11-5-7-21(28)16-29/h4,6,8-10,12-13,21,24-25,29H,5,7,11,14-17H2,1-3H3/t21-,24-,25-/m1/s1. The Morgan fingerprint density at radius 3 is 2.63 bits per heavy atom. The van der Waals surface area contributed by atoms with Crippen LogP contribution >= 0.6 is 0 Å². The van der Waals surface area contributed by atoms with Crippen molar-refractivity contribution in [2.24, 2.45) is 0 Å². The van der Waals surface area contributed by atoms with E-state index < -0.39 is 10.0 Å². The largest absolute Gasteiger partial charge is 0.486 e. The molecule has 8 nitrogen and oxygen atoms in total. The summed E-state index contributed by atoms with van der Waals surface area (Å²) in [6.07, 6.45) is 0.756. The number of aliphatic hydroxyl groups is 1. The second kappa shape index (κ2) is 10.7. The summed E-state index contributed by atoms with van der Waals surface area (Å²) in [7, 11) is -1.95. The molecule has 190 valence electrons. The minimum atomic E-state index is -3.55. The van der Waals surface area contributed by atoms with Gasteiger partial charge in [0.15, 0.2) is 0 Å². The van der Waals surface area contributed by atoms with E-state index in [1.54, 1.807) is 36.3 Å². The van der Waals surface area contributed by atoms with Crippen LogP contribution in [0, 0.1) is 13.8 Å². The number of benzene rings is 2. The van der Waals surface area contributed by atoms with E-state index >= 15 is 0 Å². The van der Waals surface area contributed by atoms with Crippen LogP contribution in [-0.4, -0.2) is 80.2 Å². The molecule has 2 aromatic rings. The molecular weight excluding hydrogens is 468 g/mol. The fraction of sp³-hybridized carbons (Fsp3) is 0.500. The predicted octanol–water partition coefficient (Wildman–Crippen LogP) is 2.51. The van der Waals surface area contributed by atoms with Crippen LogP contribution in [0.25, 0.3) is 0 Å². The maximum absolute atomic E-state index is 13.2. The Kier molecular flexibility index (Phi) is 7.80. The highest BCUT2D eigenvalue weighted by molar-refractivity contribution is 7.88. The van der Waals surface area contributed by atoms with Gasteiger partial charge in [0, 0.05) is 25.3 Å². The normalized spacial score (nSPS) is 23.1. The number of sulfonamides is 1. The Bertz CT molecular complexity index is 1170. The number of aliphatic hydroxyl groups excluding tert-OH is 1. The Hall–Kier alpha value is -2.46. The second-order valence-corrected chi connectivity index (χ2v) is 11.4. The van der Waals surface area contributed by atoms with E-state index in [0.29, 0.717) is 42.9 Å². The van der Waals surface area contributed by atoms with Crippen LogP contribution < -0.4 is 4.74 Å². The zero-order valence-corrected chi connectivity index (χ0v) is 21.3. The van der Waals surface area contributed by atoms with Gasteiger partial charge in [-0.2, -0.15) is 4.31 Å². The molecule has 2 aliphatic rings. The summed E-state index contributed by atoms with van der Waals surface area (Å²) in [6, 6.07) is 12.5. The molecule has 0 bridgehead atoms. The molecule has 9 heteroatoms. The quantitative estimate of drug-likeness (QED) is 0.596. The fourth-order valence-corrected chi connectivity index (χ4v) is 6.72. The van der Waals surface area contributed by atoms with Crippen molar-refractivity contribution < 1.29 is 27.8 Å². The number of carbonyl (C=O) groups excluding carboxylic acids is 1. The fourth-order valence-electron chi connectivity index (χ4n) is 4.92. The van der Waals surface area contributed by atoms with Gasteiger partial charge in [-0.3, -0.25) is 4.79 Å². The van der Waals surface area contributed by atoms with Crippen LogP contribution in [-0.2, 0) is 20.5 Å². The number of rotatable bonds is 8. The number of likely N-dealkylation sites (tertiary alicyclic amines) is 1. The Labute approximate surface area is 207 Å². The molecule has 0 saturated carbocycles. The minimum absolute atomic E-state index is 0.0526. The highest BCUT2D eigenvalue weighted by Gasteiger charge is 2.38. The summed E-state index contributed by atoms with van der Waals surface area (Å²) in [4.78, 5) is 14.9.